The predicted octanol–water partition coefficient (Wildman–Crippen LogP) is 5.45. The van der Waals surface area contributed by atoms with Gasteiger partial charge >= 0.3 is 0 Å². The number of ether oxygens (including phenoxy) is 1. The molecule has 4 rings (SSSR count). The van der Waals surface area contributed by atoms with E-state index in [-0.39, 0.29) is 4.90 Å². The zero-order chi connectivity index (χ0) is 26.3. The lowest BCUT2D eigenvalue weighted by molar-refractivity contribution is 0.0955. The molecule has 0 radical (unpaired) electrons. The van der Waals surface area contributed by atoms with Gasteiger partial charge in [-0.25, -0.2) is 13.8 Å². The van der Waals surface area contributed by atoms with Gasteiger partial charge in [-0.2, -0.15) is 5.10 Å². The third-order valence-electron chi connectivity index (χ3n) is 5.52. The van der Waals surface area contributed by atoms with E-state index in [1.165, 1.54) is 36.0 Å². The number of hydrazone groups is 1. The summed E-state index contributed by atoms with van der Waals surface area (Å²) in [5.41, 5.74) is 7.23. The Bertz CT molecular complexity index is 1480. The van der Waals surface area contributed by atoms with E-state index >= 15 is 0 Å². The summed E-state index contributed by atoms with van der Waals surface area (Å²) in [5.74, 6) is 0.321. The monoisotopic (exact) mass is 513 g/mol. The molecule has 188 valence electrons. The molecule has 0 bridgehead atoms. The lowest BCUT2D eigenvalue weighted by atomic mass is 10.2. The average molecular weight is 514 g/mol. The van der Waals surface area contributed by atoms with Crippen molar-refractivity contribution in [3.05, 3.63) is 125 Å². The van der Waals surface area contributed by atoms with Crippen molar-refractivity contribution < 1.29 is 17.9 Å². The Balaban J connectivity index is 1.28. The maximum Gasteiger partial charge on any atom is 0.271 e. The topological polar surface area (TPSA) is 96.9 Å². The van der Waals surface area contributed by atoms with Crippen molar-refractivity contribution in [2.75, 3.05) is 4.72 Å². The number of benzene rings is 4. The minimum absolute atomic E-state index is 0.167. The third kappa shape index (κ3) is 7.28. The molecular weight excluding hydrogens is 486 g/mol. The molecule has 0 fully saturated rings. The van der Waals surface area contributed by atoms with Gasteiger partial charge in [0.25, 0.3) is 15.9 Å². The lowest BCUT2D eigenvalue weighted by Crippen LogP contribution is -2.18. The molecule has 0 saturated carbocycles. The molecular formula is C29H27N3O4S. The Morgan fingerprint density at radius 3 is 2.03 bits per heavy atom. The zero-order valence-corrected chi connectivity index (χ0v) is 21.3. The summed E-state index contributed by atoms with van der Waals surface area (Å²) in [7, 11) is -3.71. The summed E-state index contributed by atoms with van der Waals surface area (Å²) < 4.78 is 33.4. The molecule has 0 aliphatic heterocycles. The van der Waals surface area contributed by atoms with Gasteiger partial charge in [-0.15, -0.1) is 0 Å². The van der Waals surface area contributed by atoms with Gasteiger partial charge in [-0.3, -0.25) is 9.52 Å². The highest BCUT2D eigenvalue weighted by Gasteiger charge is 2.14. The molecule has 0 aliphatic rings. The molecule has 8 heteroatoms. The van der Waals surface area contributed by atoms with Gasteiger partial charge in [0, 0.05) is 11.3 Å². The molecule has 4 aromatic carbocycles. The number of anilines is 1. The summed E-state index contributed by atoms with van der Waals surface area (Å²) in [5, 5.41) is 4.00. The summed E-state index contributed by atoms with van der Waals surface area (Å²) >= 11 is 0. The largest absolute Gasteiger partial charge is 0.489 e. The maximum atomic E-state index is 12.5. The Hall–Kier alpha value is -4.43. The molecule has 0 aromatic heterocycles. The Labute approximate surface area is 216 Å². The highest BCUT2D eigenvalue weighted by atomic mass is 32.2. The van der Waals surface area contributed by atoms with Gasteiger partial charge in [0.1, 0.15) is 12.4 Å². The van der Waals surface area contributed by atoms with E-state index in [1.54, 1.807) is 24.3 Å². The number of hydrogen-bond acceptors (Lipinski definition) is 5. The number of rotatable bonds is 9. The van der Waals surface area contributed by atoms with Gasteiger partial charge < -0.3 is 4.74 Å². The van der Waals surface area contributed by atoms with Crippen LogP contribution in [0.3, 0.4) is 0 Å². The van der Waals surface area contributed by atoms with Crippen molar-refractivity contribution in [1.29, 1.82) is 0 Å². The number of hydrogen-bond donors (Lipinski definition) is 2. The standard InChI is InChI=1S/C29H27N3O4S/c1-21-3-7-24(8-4-21)20-36-27-15-9-23(10-16-27)19-30-31-29(33)25-11-13-26(14-12-25)32-37(34,35)28-17-5-22(2)6-18-28/h3-19,32H,20H2,1-2H3,(H,31,33)/b30-19+. The first-order chi connectivity index (χ1) is 17.8. The summed E-state index contributed by atoms with van der Waals surface area (Å²) in [6, 6.07) is 28.2. The summed E-state index contributed by atoms with van der Waals surface area (Å²) in [4.78, 5) is 12.6. The van der Waals surface area contributed by atoms with E-state index in [4.69, 9.17) is 4.74 Å². The van der Waals surface area contributed by atoms with Gasteiger partial charge in [-0.05, 0) is 85.6 Å². The molecule has 0 saturated heterocycles. The fourth-order valence-corrected chi connectivity index (χ4v) is 4.41. The van der Waals surface area contributed by atoms with E-state index in [0.29, 0.717) is 17.9 Å². The number of amides is 1. The van der Waals surface area contributed by atoms with E-state index < -0.39 is 15.9 Å². The molecule has 0 atom stereocenters. The van der Waals surface area contributed by atoms with E-state index in [2.05, 4.69) is 27.4 Å². The van der Waals surface area contributed by atoms with E-state index in [1.807, 2.05) is 50.2 Å². The predicted molar refractivity (Wildman–Crippen MR) is 145 cm³/mol. The van der Waals surface area contributed by atoms with E-state index in [0.717, 1.165) is 22.4 Å². The molecule has 0 unspecified atom stereocenters. The molecule has 4 aromatic rings. The first-order valence-electron chi connectivity index (χ1n) is 11.6. The molecule has 0 heterocycles. The summed E-state index contributed by atoms with van der Waals surface area (Å²) in [6.45, 7) is 4.41. The zero-order valence-electron chi connectivity index (χ0n) is 20.5. The molecule has 2 N–H and O–H groups in total. The highest BCUT2D eigenvalue weighted by molar-refractivity contribution is 7.92. The molecule has 1 amide bonds. The van der Waals surface area contributed by atoms with E-state index in [9.17, 15) is 13.2 Å². The van der Waals surface area contributed by atoms with Crippen LogP contribution < -0.4 is 14.9 Å². The minimum atomic E-state index is -3.71. The molecule has 0 spiro atoms. The number of nitrogens with zero attached hydrogens (tertiary/aromatic N) is 1. The second kappa shape index (κ2) is 11.5. The van der Waals surface area contributed by atoms with Crippen molar-refractivity contribution >= 4 is 27.8 Å². The fraction of sp³-hybridized carbons (Fsp3) is 0.103. The third-order valence-corrected chi connectivity index (χ3v) is 6.91. The normalized spacial score (nSPS) is 11.3. The van der Waals surface area contributed by atoms with Crippen molar-refractivity contribution in [2.24, 2.45) is 5.10 Å². The Morgan fingerprint density at radius 2 is 1.41 bits per heavy atom. The number of nitrogens with one attached hydrogen (secondary N) is 2. The van der Waals surface area contributed by atoms with Gasteiger partial charge in [0.15, 0.2) is 0 Å². The smallest absolute Gasteiger partial charge is 0.271 e. The molecule has 0 aliphatic carbocycles. The van der Waals surface area contributed by atoms with Crippen LogP contribution in [0.5, 0.6) is 5.75 Å². The molecule has 7 nitrogen and oxygen atoms in total. The van der Waals surface area contributed by atoms with Gasteiger partial charge in [0.2, 0.25) is 0 Å². The van der Waals surface area contributed by atoms with Crippen LogP contribution in [0.2, 0.25) is 0 Å². The number of aryl methyl sites for hydroxylation is 2. The lowest BCUT2D eigenvalue weighted by Gasteiger charge is -2.09. The first-order valence-corrected chi connectivity index (χ1v) is 13.1. The van der Waals surface area contributed by atoms with Crippen LogP contribution in [0.4, 0.5) is 5.69 Å². The van der Waals surface area contributed by atoms with Crippen molar-refractivity contribution in [2.45, 2.75) is 25.3 Å². The van der Waals surface area contributed by atoms with Crippen LogP contribution in [-0.4, -0.2) is 20.5 Å². The number of sulfonamides is 1. The average Bonchev–Trinajstić information content (AvgIpc) is 2.89. The Kier molecular flexibility index (Phi) is 8.00. The SMILES string of the molecule is Cc1ccc(COc2ccc(/C=N/NC(=O)c3ccc(NS(=O)(=O)c4ccc(C)cc4)cc3)cc2)cc1. The van der Waals surface area contributed by atoms with Crippen LogP contribution in [-0.2, 0) is 16.6 Å². The highest BCUT2D eigenvalue weighted by Crippen LogP contribution is 2.18. The van der Waals surface area contributed by atoms with Crippen LogP contribution >= 0.6 is 0 Å². The second-order valence-corrected chi connectivity index (χ2v) is 10.2. The Morgan fingerprint density at radius 1 is 0.811 bits per heavy atom. The van der Waals surface area contributed by atoms with Crippen molar-refractivity contribution in [3.8, 4) is 5.75 Å². The quantitative estimate of drug-likeness (QED) is 0.230. The second-order valence-electron chi connectivity index (χ2n) is 8.54. The van der Waals surface area contributed by atoms with Gasteiger partial charge in [0.05, 0.1) is 11.1 Å². The minimum Gasteiger partial charge on any atom is -0.489 e. The van der Waals surface area contributed by atoms with Crippen LogP contribution in [0.1, 0.15) is 32.6 Å². The number of carbonyl (C=O) groups excluding carboxylic acids is 1. The van der Waals surface area contributed by atoms with Crippen LogP contribution in [0, 0.1) is 13.8 Å². The van der Waals surface area contributed by atoms with Crippen molar-refractivity contribution in [1.82, 2.24) is 5.43 Å². The van der Waals surface area contributed by atoms with Crippen LogP contribution in [0.15, 0.2) is 107 Å². The first kappa shape index (κ1) is 25.7. The number of carbonyl (C=O) groups is 1. The van der Waals surface area contributed by atoms with Gasteiger partial charge in [-0.1, -0.05) is 47.5 Å². The molecule has 37 heavy (non-hydrogen) atoms. The summed E-state index contributed by atoms with van der Waals surface area (Å²) in [6.07, 6.45) is 1.53. The van der Waals surface area contributed by atoms with Crippen LogP contribution in [0.25, 0.3) is 0 Å². The maximum absolute atomic E-state index is 12.5. The van der Waals surface area contributed by atoms with Crippen molar-refractivity contribution in [3.63, 3.8) is 0 Å². The fourth-order valence-electron chi connectivity index (χ4n) is 3.35.